The fraction of sp³-hybridized carbons (Fsp3) is 0.286. The average Bonchev–Trinajstić information content (AvgIpc) is 3.34. The second kappa shape index (κ2) is 6.60. The number of hydrogen-bond acceptors (Lipinski definition) is 6. The highest BCUT2D eigenvalue weighted by Crippen LogP contribution is 2.47. The summed E-state index contributed by atoms with van der Waals surface area (Å²) in [6.07, 6.45) is 4.43. The Balaban J connectivity index is 1.41. The molecule has 150 valence electrons. The molecule has 1 aromatic heterocycles. The van der Waals surface area contributed by atoms with E-state index < -0.39 is 10.1 Å². The van der Waals surface area contributed by atoms with Crippen molar-refractivity contribution in [1.29, 1.82) is 0 Å². The molecular formula is C21H21N3O4S. The molecule has 0 bridgehead atoms. The molecule has 3 heterocycles. The lowest BCUT2D eigenvalue weighted by Gasteiger charge is -2.35. The number of nitrogens with zero attached hydrogens (tertiary/aromatic N) is 2. The van der Waals surface area contributed by atoms with E-state index in [1.54, 1.807) is 53.5 Å². The molecule has 2 atom stereocenters. The Labute approximate surface area is 169 Å². The molecule has 8 heteroatoms. The predicted octanol–water partition coefficient (Wildman–Crippen LogP) is 2.65. The third kappa shape index (κ3) is 3.08. The minimum atomic E-state index is -3.95. The van der Waals surface area contributed by atoms with E-state index in [0.29, 0.717) is 5.75 Å². The van der Waals surface area contributed by atoms with Crippen LogP contribution in [0.5, 0.6) is 11.5 Å². The van der Waals surface area contributed by atoms with Crippen molar-refractivity contribution in [2.45, 2.75) is 29.8 Å². The first-order valence-corrected chi connectivity index (χ1v) is 10.9. The van der Waals surface area contributed by atoms with E-state index >= 15 is 0 Å². The largest absolute Gasteiger partial charge is 0.488 e. The zero-order valence-electron chi connectivity index (χ0n) is 15.9. The lowest BCUT2D eigenvalue weighted by atomic mass is 9.74. The molecule has 0 spiro atoms. The van der Waals surface area contributed by atoms with E-state index in [0.717, 1.165) is 36.5 Å². The molecule has 2 aliphatic heterocycles. The smallest absolute Gasteiger partial charge is 0.339 e. The second-order valence-corrected chi connectivity index (χ2v) is 9.16. The van der Waals surface area contributed by atoms with E-state index in [2.05, 4.69) is 17.3 Å². The molecule has 0 radical (unpaired) electrons. The van der Waals surface area contributed by atoms with Gasteiger partial charge in [0.15, 0.2) is 0 Å². The first-order valence-electron chi connectivity index (χ1n) is 9.52. The van der Waals surface area contributed by atoms with Crippen LogP contribution in [0.4, 0.5) is 0 Å². The molecule has 0 amide bonds. The maximum atomic E-state index is 12.8. The van der Waals surface area contributed by atoms with Crippen LogP contribution in [0, 0.1) is 0 Å². The van der Waals surface area contributed by atoms with Crippen LogP contribution in [0.25, 0.3) is 5.69 Å². The molecule has 1 N–H and O–H groups in total. The van der Waals surface area contributed by atoms with Crippen molar-refractivity contribution in [3.8, 4) is 17.2 Å². The molecule has 2 aliphatic rings. The molecule has 1 saturated heterocycles. The molecule has 5 rings (SSSR count). The average molecular weight is 411 g/mol. The fourth-order valence-corrected chi connectivity index (χ4v) is 5.00. The van der Waals surface area contributed by atoms with Gasteiger partial charge in [0.25, 0.3) is 0 Å². The number of ether oxygens (including phenoxy) is 1. The SMILES string of the molecule is CC12CCNCC1Oc1ccc(OS(=O)(=O)c3ccc(-n4cccn4)cc3)cc12. The van der Waals surface area contributed by atoms with Gasteiger partial charge in [-0.25, -0.2) is 4.68 Å². The standard InChI is InChI=1S/C21H21N3O4S/c1-21-9-11-22-14-20(21)27-19-8-5-16(13-18(19)21)28-29(25,26)17-6-3-15(4-7-17)24-12-2-10-23-24/h2-8,10,12-13,20,22H,9,11,14H2,1H3. The Morgan fingerprint density at radius 2 is 2.07 bits per heavy atom. The van der Waals surface area contributed by atoms with Crippen LogP contribution in [-0.2, 0) is 15.5 Å². The number of aromatic nitrogens is 2. The molecule has 2 unspecified atom stereocenters. The summed E-state index contributed by atoms with van der Waals surface area (Å²) in [5.74, 6) is 1.10. The van der Waals surface area contributed by atoms with Crippen LogP contribution in [-0.4, -0.2) is 37.4 Å². The lowest BCUT2D eigenvalue weighted by molar-refractivity contribution is 0.124. The number of hydrogen-bond donors (Lipinski definition) is 1. The molecule has 3 aromatic rings. The van der Waals surface area contributed by atoms with Gasteiger partial charge in [0.05, 0.1) is 5.69 Å². The second-order valence-electron chi connectivity index (χ2n) is 7.62. The van der Waals surface area contributed by atoms with E-state index in [-0.39, 0.29) is 16.4 Å². The summed E-state index contributed by atoms with van der Waals surface area (Å²) in [6.45, 7) is 3.85. The van der Waals surface area contributed by atoms with E-state index in [1.807, 2.05) is 0 Å². The van der Waals surface area contributed by atoms with Crippen LogP contribution < -0.4 is 14.2 Å². The van der Waals surface area contributed by atoms with Crippen molar-refractivity contribution in [2.24, 2.45) is 0 Å². The maximum absolute atomic E-state index is 12.8. The monoisotopic (exact) mass is 411 g/mol. The summed E-state index contributed by atoms with van der Waals surface area (Å²) >= 11 is 0. The van der Waals surface area contributed by atoms with Crippen LogP contribution in [0.3, 0.4) is 0 Å². The maximum Gasteiger partial charge on any atom is 0.339 e. The summed E-state index contributed by atoms with van der Waals surface area (Å²) in [6, 6.07) is 13.5. The molecule has 0 aliphatic carbocycles. The van der Waals surface area contributed by atoms with Gasteiger partial charge < -0.3 is 14.2 Å². The number of benzene rings is 2. The van der Waals surface area contributed by atoms with E-state index in [1.165, 1.54) is 12.1 Å². The highest BCUT2D eigenvalue weighted by atomic mass is 32.2. The molecule has 0 saturated carbocycles. The van der Waals surface area contributed by atoms with Crippen molar-refractivity contribution < 1.29 is 17.3 Å². The first-order chi connectivity index (χ1) is 14.0. The number of nitrogens with one attached hydrogen (secondary N) is 1. The van der Waals surface area contributed by atoms with Gasteiger partial charge in [0.2, 0.25) is 0 Å². The minimum Gasteiger partial charge on any atom is -0.488 e. The van der Waals surface area contributed by atoms with Gasteiger partial charge in [-0.1, -0.05) is 6.92 Å². The van der Waals surface area contributed by atoms with Crippen molar-refractivity contribution in [3.63, 3.8) is 0 Å². The van der Waals surface area contributed by atoms with Gasteiger partial charge in [-0.2, -0.15) is 13.5 Å². The zero-order valence-corrected chi connectivity index (χ0v) is 16.7. The van der Waals surface area contributed by atoms with Crippen molar-refractivity contribution >= 4 is 10.1 Å². The summed E-state index contributed by atoms with van der Waals surface area (Å²) in [7, 11) is -3.95. The first kappa shape index (κ1) is 18.2. The molecule has 2 aromatic carbocycles. The van der Waals surface area contributed by atoms with Crippen LogP contribution >= 0.6 is 0 Å². The molecule has 29 heavy (non-hydrogen) atoms. The Morgan fingerprint density at radius 3 is 2.83 bits per heavy atom. The number of fused-ring (bicyclic) bond motifs is 3. The fourth-order valence-electron chi connectivity index (χ4n) is 4.07. The summed E-state index contributed by atoms with van der Waals surface area (Å²) in [4.78, 5) is 0.0936. The van der Waals surface area contributed by atoms with Crippen molar-refractivity contribution in [3.05, 3.63) is 66.5 Å². The Kier molecular flexibility index (Phi) is 4.15. The number of piperidine rings is 1. The number of rotatable bonds is 4. The highest BCUT2D eigenvalue weighted by Gasteiger charge is 2.46. The van der Waals surface area contributed by atoms with Gasteiger partial charge >= 0.3 is 10.1 Å². The Bertz CT molecular complexity index is 1140. The summed E-state index contributed by atoms with van der Waals surface area (Å²) in [5, 5.41) is 7.49. The van der Waals surface area contributed by atoms with Gasteiger partial charge in [-0.15, -0.1) is 0 Å². The topological polar surface area (TPSA) is 82.5 Å². The third-order valence-corrected chi connectivity index (χ3v) is 7.06. The zero-order chi connectivity index (χ0) is 20.1. The Morgan fingerprint density at radius 1 is 1.24 bits per heavy atom. The van der Waals surface area contributed by atoms with Crippen molar-refractivity contribution in [1.82, 2.24) is 15.1 Å². The molecular weight excluding hydrogens is 390 g/mol. The van der Waals surface area contributed by atoms with Crippen LogP contribution in [0.15, 0.2) is 65.8 Å². The van der Waals surface area contributed by atoms with E-state index in [9.17, 15) is 8.42 Å². The Hall–Kier alpha value is -2.84. The van der Waals surface area contributed by atoms with Gasteiger partial charge in [0, 0.05) is 29.9 Å². The van der Waals surface area contributed by atoms with Gasteiger partial charge in [0.1, 0.15) is 22.5 Å². The highest BCUT2D eigenvalue weighted by molar-refractivity contribution is 7.87. The minimum absolute atomic E-state index is 0.0490. The third-order valence-electron chi connectivity index (χ3n) is 5.80. The summed E-state index contributed by atoms with van der Waals surface area (Å²) < 4.78 is 38.7. The summed E-state index contributed by atoms with van der Waals surface area (Å²) in [5.41, 5.74) is 1.63. The van der Waals surface area contributed by atoms with Gasteiger partial charge in [-0.05, 0) is 61.5 Å². The van der Waals surface area contributed by atoms with Crippen LogP contribution in [0.2, 0.25) is 0 Å². The lowest BCUT2D eigenvalue weighted by Crippen LogP contribution is -2.49. The quantitative estimate of drug-likeness (QED) is 0.665. The molecule has 7 nitrogen and oxygen atoms in total. The predicted molar refractivity (Wildman–Crippen MR) is 107 cm³/mol. The van der Waals surface area contributed by atoms with Crippen molar-refractivity contribution in [2.75, 3.05) is 13.1 Å². The van der Waals surface area contributed by atoms with Gasteiger partial charge in [-0.3, -0.25) is 0 Å². The molecule has 1 fully saturated rings. The van der Waals surface area contributed by atoms with E-state index in [4.69, 9.17) is 8.92 Å². The normalized spacial score (nSPS) is 23.1. The van der Waals surface area contributed by atoms with Crippen LogP contribution in [0.1, 0.15) is 18.9 Å².